The summed E-state index contributed by atoms with van der Waals surface area (Å²) < 4.78 is 5.18. The minimum atomic E-state index is 0.120. The van der Waals surface area contributed by atoms with Crippen LogP contribution in [0.2, 0.25) is 0 Å². The minimum absolute atomic E-state index is 0.120. The Labute approximate surface area is 107 Å². The molecule has 1 N–H and O–H groups in total. The summed E-state index contributed by atoms with van der Waals surface area (Å²) in [6.45, 7) is 3.18. The van der Waals surface area contributed by atoms with Crippen molar-refractivity contribution in [3.05, 3.63) is 42.0 Å². The molecular formula is C15H17NO2. The number of fused-ring (bicyclic) bond motifs is 1. The fraction of sp³-hybridized carbons (Fsp3) is 0.267. The van der Waals surface area contributed by atoms with Crippen molar-refractivity contribution < 1.29 is 9.53 Å². The van der Waals surface area contributed by atoms with Crippen molar-refractivity contribution in [2.75, 3.05) is 20.2 Å². The lowest BCUT2D eigenvalue weighted by atomic mass is 10.0. The van der Waals surface area contributed by atoms with Crippen molar-refractivity contribution in [3.63, 3.8) is 0 Å². The summed E-state index contributed by atoms with van der Waals surface area (Å²) in [5, 5.41) is 5.18. The van der Waals surface area contributed by atoms with Crippen LogP contribution in [0.15, 0.2) is 36.4 Å². The number of ether oxygens (including phenoxy) is 1. The summed E-state index contributed by atoms with van der Waals surface area (Å²) in [4.78, 5) is 11.9. The SMILES string of the molecule is CCNCC(=O)c1ccc2cc(OC)ccc2c1. The third kappa shape index (κ3) is 2.68. The average Bonchev–Trinajstić information content (AvgIpc) is 2.43. The van der Waals surface area contributed by atoms with Crippen LogP contribution in [0.1, 0.15) is 17.3 Å². The van der Waals surface area contributed by atoms with E-state index in [1.54, 1.807) is 7.11 Å². The van der Waals surface area contributed by atoms with E-state index >= 15 is 0 Å². The molecular weight excluding hydrogens is 226 g/mol. The van der Waals surface area contributed by atoms with Gasteiger partial charge in [-0.3, -0.25) is 4.79 Å². The van der Waals surface area contributed by atoms with Crippen LogP contribution in [0, 0.1) is 0 Å². The van der Waals surface area contributed by atoms with E-state index in [1.165, 1.54) is 0 Å². The Balaban J connectivity index is 2.30. The van der Waals surface area contributed by atoms with E-state index < -0.39 is 0 Å². The first-order valence-electron chi connectivity index (χ1n) is 6.06. The lowest BCUT2D eigenvalue weighted by Gasteiger charge is -2.05. The predicted octanol–water partition coefficient (Wildman–Crippen LogP) is 2.64. The van der Waals surface area contributed by atoms with E-state index in [4.69, 9.17) is 4.74 Å². The molecule has 18 heavy (non-hydrogen) atoms. The highest BCUT2D eigenvalue weighted by Crippen LogP contribution is 2.21. The van der Waals surface area contributed by atoms with Gasteiger partial charge in [-0.05, 0) is 35.5 Å². The number of hydrogen-bond acceptors (Lipinski definition) is 3. The number of hydrogen-bond donors (Lipinski definition) is 1. The molecule has 0 saturated carbocycles. The van der Waals surface area contributed by atoms with Crippen LogP contribution in [-0.2, 0) is 0 Å². The van der Waals surface area contributed by atoms with Gasteiger partial charge in [-0.25, -0.2) is 0 Å². The lowest BCUT2D eigenvalue weighted by molar-refractivity contribution is 0.0992. The van der Waals surface area contributed by atoms with Crippen LogP contribution in [0.5, 0.6) is 5.75 Å². The number of ketones is 1. The maximum atomic E-state index is 11.9. The van der Waals surface area contributed by atoms with Crippen molar-refractivity contribution in [2.45, 2.75) is 6.92 Å². The topological polar surface area (TPSA) is 38.3 Å². The molecule has 0 saturated heterocycles. The molecule has 0 aliphatic carbocycles. The number of rotatable bonds is 5. The summed E-state index contributed by atoms with van der Waals surface area (Å²) >= 11 is 0. The second kappa shape index (κ2) is 5.65. The molecule has 0 unspecified atom stereocenters. The van der Waals surface area contributed by atoms with Gasteiger partial charge >= 0.3 is 0 Å². The molecule has 0 aliphatic heterocycles. The Kier molecular flexibility index (Phi) is 3.95. The third-order valence-electron chi connectivity index (χ3n) is 2.90. The van der Waals surface area contributed by atoms with Gasteiger partial charge in [-0.1, -0.05) is 25.1 Å². The second-order valence-corrected chi connectivity index (χ2v) is 4.13. The Morgan fingerprint density at radius 2 is 1.89 bits per heavy atom. The molecule has 3 nitrogen and oxygen atoms in total. The van der Waals surface area contributed by atoms with Crippen LogP contribution in [0.3, 0.4) is 0 Å². The van der Waals surface area contributed by atoms with Crippen molar-refractivity contribution in [2.24, 2.45) is 0 Å². The van der Waals surface area contributed by atoms with Gasteiger partial charge in [0.2, 0.25) is 0 Å². The van der Waals surface area contributed by atoms with Crippen LogP contribution < -0.4 is 10.1 Å². The highest BCUT2D eigenvalue weighted by Gasteiger charge is 2.06. The van der Waals surface area contributed by atoms with Crippen LogP contribution in [0.25, 0.3) is 10.8 Å². The van der Waals surface area contributed by atoms with E-state index in [0.29, 0.717) is 6.54 Å². The predicted molar refractivity (Wildman–Crippen MR) is 73.4 cm³/mol. The van der Waals surface area contributed by atoms with Crippen molar-refractivity contribution >= 4 is 16.6 Å². The first kappa shape index (κ1) is 12.6. The van der Waals surface area contributed by atoms with Gasteiger partial charge in [0, 0.05) is 5.56 Å². The molecule has 0 amide bonds. The normalized spacial score (nSPS) is 10.6. The lowest BCUT2D eigenvalue weighted by Crippen LogP contribution is -2.22. The van der Waals surface area contributed by atoms with Gasteiger partial charge in [-0.15, -0.1) is 0 Å². The van der Waals surface area contributed by atoms with Crippen LogP contribution in [-0.4, -0.2) is 26.0 Å². The van der Waals surface area contributed by atoms with Crippen LogP contribution >= 0.6 is 0 Å². The van der Waals surface area contributed by atoms with Crippen LogP contribution in [0.4, 0.5) is 0 Å². The summed E-state index contributed by atoms with van der Waals surface area (Å²) in [6.07, 6.45) is 0. The summed E-state index contributed by atoms with van der Waals surface area (Å²) in [7, 11) is 1.65. The van der Waals surface area contributed by atoms with Gasteiger partial charge in [0.05, 0.1) is 13.7 Å². The van der Waals surface area contributed by atoms with Gasteiger partial charge in [0.25, 0.3) is 0 Å². The standard InChI is InChI=1S/C15H17NO2/c1-3-16-10-15(17)13-5-4-12-9-14(18-2)7-6-11(12)8-13/h4-9,16H,3,10H2,1-2H3. The fourth-order valence-electron chi connectivity index (χ4n) is 1.86. The van der Waals surface area contributed by atoms with Gasteiger partial charge in [0.1, 0.15) is 5.75 Å². The summed E-state index contributed by atoms with van der Waals surface area (Å²) in [5.74, 6) is 0.948. The minimum Gasteiger partial charge on any atom is -0.497 e. The number of benzene rings is 2. The largest absolute Gasteiger partial charge is 0.497 e. The first-order valence-corrected chi connectivity index (χ1v) is 6.06. The number of nitrogens with one attached hydrogen (secondary N) is 1. The molecule has 0 atom stereocenters. The summed E-state index contributed by atoms with van der Waals surface area (Å²) in [6, 6.07) is 11.6. The Morgan fingerprint density at radius 1 is 1.17 bits per heavy atom. The molecule has 0 aromatic heterocycles. The first-order chi connectivity index (χ1) is 8.74. The molecule has 3 heteroatoms. The van der Waals surface area contributed by atoms with Gasteiger partial charge in [-0.2, -0.15) is 0 Å². The molecule has 0 bridgehead atoms. The van der Waals surface area contributed by atoms with E-state index in [2.05, 4.69) is 5.32 Å². The second-order valence-electron chi connectivity index (χ2n) is 4.13. The highest BCUT2D eigenvalue weighted by atomic mass is 16.5. The Hall–Kier alpha value is -1.87. The third-order valence-corrected chi connectivity index (χ3v) is 2.90. The zero-order valence-electron chi connectivity index (χ0n) is 10.7. The Morgan fingerprint density at radius 3 is 2.61 bits per heavy atom. The zero-order chi connectivity index (χ0) is 13.0. The molecule has 0 aliphatic rings. The van der Waals surface area contributed by atoms with E-state index in [9.17, 15) is 4.79 Å². The molecule has 2 rings (SSSR count). The molecule has 0 spiro atoms. The Bertz CT molecular complexity index is 563. The van der Waals surface area contributed by atoms with Gasteiger partial charge in [0.15, 0.2) is 5.78 Å². The number of carbonyl (C=O) groups excluding carboxylic acids is 1. The molecule has 94 valence electrons. The monoisotopic (exact) mass is 243 g/mol. The quantitative estimate of drug-likeness (QED) is 0.820. The molecule has 0 heterocycles. The number of methoxy groups -OCH3 is 1. The number of Topliss-reactive ketones (excluding diaryl/α,β-unsaturated/α-hetero) is 1. The van der Waals surface area contributed by atoms with Crippen molar-refractivity contribution in [1.29, 1.82) is 0 Å². The average molecular weight is 243 g/mol. The van der Waals surface area contributed by atoms with E-state index in [1.807, 2.05) is 43.3 Å². The fourth-order valence-corrected chi connectivity index (χ4v) is 1.86. The number of likely N-dealkylation sites (N-methyl/N-ethyl adjacent to an activating group) is 1. The highest BCUT2D eigenvalue weighted by molar-refractivity contribution is 6.01. The summed E-state index contributed by atoms with van der Waals surface area (Å²) in [5.41, 5.74) is 0.744. The van der Waals surface area contributed by atoms with Crippen molar-refractivity contribution in [3.8, 4) is 5.75 Å². The van der Waals surface area contributed by atoms with Crippen molar-refractivity contribution in [1.82, 2.24) is 5.32 Å². The zero-order valence-corrected chi connectivity index (χ0v) is 10.7. The molecule has 2 aromatic carbocycles. The number of carbonyl (C=O) groups is 1. The van der Waals surface area contributed by atoms with E-state index in [0.717, 1.165) is 28.6 Å². The molecule has 2 aromatic rings. The maximum absolute atomic E-state index is 11.9. The molecule has 0 radical (unpaired) electrons. The molecule has 0 fully saturated rings. The smallest absolute Gasteiger partial charge is 0.176 e. The van der Waals surface area contributed by atoms with E-state index in [-0.39, 0.29) is 5.78 Å². The van der Waals surface area contributed by atoms with Gasteiger partial charge < -0.3 is 10.1 Å². The maximum Gasteiger partial charge on any atom is 0.176 e.